The summed E-state index contributed by atoms with van der Waals surface area (Å²) in [6.07, 6.45) is 0. The molecule has 0 atom stereocenters. The molecule has 0 saturated carbocycles. The lowest BCUT2D eigenvalue weighted by atomic mass is 10.0. The molecule has 0 saturated heterocycles. The Hall–Kier alpha value is -3.46. The topological polar surface area (TPSA) is 72.9 Å². The predicted molar refractivity (Wildman–Crippen MR) is 125 cm³/mol. The second-order valence-electron chi connectivity index (χ2n) is 7.57. The molecule has 34 heavy (non-hydrogen) atoms. The minimum absolute atomic E-state index is 0.0280. The van der Waals surface area contributed by atoms with Crippen LogP contribution in [0.4, 0.5) is 14.5 Å². The van der Waals surface area contributed by atoms with Crippen LogP contribution in [0.3, 0.4) is 0 Å². The summed E-state index contributed by atoms with van der Waals surface area (Å²) in [5.41, 5.74) is 1.92. The van der Waals surface area contributed by atoms with Crippen LogP contribution in [0.1, 0.15) is 34.0 Å². The number of halogens is 2. The van der Waals surface area contributed by atoms with Crippen molar-refractivity contribution in [3.05, 3.63) is 88.5 Å². The van der Waals surface area contributed by atoms with Crippen LogP contribution in [0.25, 0.3) is 0 Å². The number of esters is 1. The van der Waals surface area contributed by atoms with Gasteiger partial charge in [0, 0.05) is 12.1 Å². The molecule has 3 aromatic rings. The van der Waals surface area contributed by atoms with Crippen molar-refractivity contribution < 1.29 is 31.5 Å². The molecule has 3 aromatic carbocycles. The third-order valence-electron chi connectivity index (χ3n) is 5.47. The summed E-state index contributed by atoms with van der Waals surface area (Å²) in [5, 5.41) is 0. The molecule has 0 spiro atoms. The van der Waals surface area contributed by atoms with E-state index in [1.165, 1.54) is 35.7 Å². The molecule has 0 heterocycles. The Morgan fingerprint density at radius 3 is 2.32 bits per heavy atom. The van der Waals surface area contributed by atoms with E-state index in [-0.39, 0.29) is 29.2 Å². The van der Waals surface area contributed by atoms with Crippen LogP contribution in [0.15, 0.2) is 59.5 Å². The molecule has 9 heteroatoms. The fourth-order valence-electron chi connectivity index (χ4n) is 3.45. The minimum Gasteiger partial charge on any atom is -0.489 e. The van der Waals surface area contributed by atoms with Crippen LogP contribution in [0.5, 0.6) is 5.75 Å². The van der Waals surface area contributed by atoms with Crippen LogP contribution in [0, 0.1) is 25.5 Å². The first-order valence-corrected chi connectivity index (χ1v) is 11.9. The van der Waals surface area contributed by atoms with Crippen LogP contribution in [-0.2, 0) is 21.4 Å². The Bertz CT molecular complexity index is 1310. The summed E-state index contributed by atoms with van der Waals surface area (Å²) >= 11 is 0. The van der Waals surface area contributed by atoms with E-state index in [0.717, 1.165) is 6.07 Å². The largest absolute Gasteiger partial charge is 0.489 e. The normalized spacial score (nSPS) is 11.2. The van der Waals surface area contributed by atoms with Gasteiger partial charge in [-0.25, -0.2) is 22.0 Å². The maximum atomic E-state index is 13.8. The number of hydrogen-bond acceptors (Lipinski definition) is 5. The molecule has 0 radical (unpaired) electrons. The van der Waals surface area contributed by atoms with E-state index in [1.807, 2.05) is 0 Å². The fraction of sp³-hybridized carbons (Fsp3) is 0.240. The van der Waals surface area contributed by atoms with Crippen molar-refractivity contribution in [1.82, 2.24) is 0 Å². The molecule has 6 nitrogen and oxygen atoms in total. The van der Waals surface area contributed by atoms with Gasteiger partial charge in [0.15, 0.2) is 11.6 Å². The number of sulfonamides is 1. The number of rotatable bonds is 8. The number of methoxy groups -OCH3 is 1. The number of benzene rings is 3. The lowest BCUT2D eigenvalue weighted by Gasteiger charge is -2.24. The number of aryl methyl sites for hydroxylation is 1. The first kappa shape index (κ1) is 25.2. The van der Waals surface area contributed by atoms with Gasteiger partial charge < -0.3 is 9.47 Å². The van der Waals surface area contributed by atoms with Gasteiger partial charge >= 0.3 is 5.97 Å². The van der Waals surface area contributed by atoms with Gasteiger partial charge in [-0.15, -0.1) is 0 Å². The number of anilines is 1. The van der Waals surface area contributed by atoms with Crippen molar-refractivity contribution in [3.63, 3.8) is 0 Å². The second kappa shape index (κ2) is 10.2. The number of carbonyl (C=O) groups is 1. The van der Waals surface area contributed by atoms with E-state index in [1.54, 1.807) is 45.0 Å². The molecule has 0 N–H and O–H groups in total. The third kappa shape index (κ3) is 5.04. The van der Waals surface area contributed by atoms with Gasteiger partial charge in [-0.2, -0.15) is 0 Å². The van der Waals surface area contributed by atoms with Crippen LogP contribution in [-0.4, -0.2) is 28.0 Å². The number of carbonyl (C=O) groups excluding carboxylic acids is 1. The van der Waals surface area contributed by atoms with E-state index in [2.05, 4.69) is 0 Å². The van der Waals surface area contributed by atoms with Gasteiger partial charge in [-0.05, 0) is 74.4 Å². The van der Waals surface area contributed by atoms with Crippen LogP contribution in [0.2, 0.25) is 0 Å². The Morgan fingerprint density at radius 1 is 1.03 bits per heavy atom. The van der Waals surface area contributed by atoms with Gasteiger partial charge in [-0.3, -0.25) is 4.31 Å². The number of hydrogen-bond donors (Lipinski definition) is 0. The summed E-state index contributed by atoms with van der Waals surface area (Å²) < 4.78 is 65.5. The third-order valence-corrected chi connectivity index (χ3v) is 7.35. The highest BCUT2D eigenvalue weighted by molar-refractivity contribution is 7.92. The van der Waals surface area contributed by atoms with E-state index in [0.29, 0.717) is 22.6 Å². The molecule has 0 aliphatic rings. The molecule has 0 unspecified atom stereocenters. The van der Waals surface area contributed by atoms with E-state index in [4.69, 9.17) is 9.47 Å². The van der Waals surface area contributed by atoms with Crippen molar-refractivity contribution in [2.75, 3.05) is 18.0 Å². The van der Waals surface area contributed by atoms with Gasteiger partial charge in [0.2, 0.25) is 0 Å². The standard InChI is InChI=1S/C25H25F2NO5S/c1-5-28(34(30,31)21-13-16(2)17(3)22(14-21)25(29)32-4)19-9-11-20(12-10-19)33-15-18-7-6-8-23(26)24(18)27/h6-14H,5,15H2,1-4H3. The molecule has 0 aromatic heterocycles. The zero-order chi connectivity index (χ0) is 25.0. The van der Waals surface area contributed by atoms with E-state index in [9.17, 15) is 22.0 Å². The van der Waals surface area contributed by atoms with E-state index < -0.39 is 27.6 Å². The van der Waals surface area contributed by atoms with Crippen molar-refractivity contribution in [1.29, 1.82) is 0 Å². The lowest BCUT2D eigenvalue weighted by molar-refractivity contribution is 0.0599. The SMILES string of the molecule is CCN(c1ccc(OCc2cccc(F)c2F)cc1)S(=O)(=O)c1cc(C)c(C)c(C(=O)OC)c1. The zero-order valence-electron chi connectivity index (χ0n) is 19.3. The maximum Gasteiger partial charge on any atom is 0.338 e. The Morgan fingerprint density at radius 2 is 1.71 bits per heavy atom. The smallest absolute Gasteiger partial charge is 0.338 e. The van der Waals surface area contributed by atoms with Crippen molar-refractivity contribution in [2.24, 2.45) is 0 Å². The molecule has 0 aliphatic heterocycles. The molecule has 180 valence electrons. The lowest BCUT2D eigenvalue weighted by Crippen LogP contribution is -2.31. The summed E-state index contributed by atoms with van der Waals surface area (Å²) in [6, 6.07) is 12.9. The number of nitrogens with zero attached hydrogens (tertiary/aromatic N) is 1. The van der Waals surface area contributed by atoms with Gasteiger partial charge in [0.05, 0.1) is 23.3 Å². The second-order valence-corrected chi connectivity index (χ2v) is 9.43. The average Bonchev–Trinajstić information content (AvgIpc) is 2.82. The summed E-state index contributed by atoms with van der Waals surface area (Å²) in [7, 11) is -2.75. The van der Waals surface area contributed by atoms with Crippen molar-refractivity contribution >= 4 is 21.7 Å². The average molecular weight is 490 g/mol. The van der Waals surface area contributed by atoms with Gasteiger partial charge in [0.1, 0.15) is 12.4 Å². The molecule has 0 amide bonds. The highest BCUT2D eigenvalue weighted by Gasteiger charge is 2.26. The minimum atomic E-state index is -3.99. The number of ether oxygens (including phenoxy) is 2. The van der Waals surface area contributed by atoms with E-state index >= 15 is 0 Å². The Balaban J connectivity index is 1.86. The molecule has 0 bridgehead atoms. The quantitative estimate of drug-likeness (QED) is 0.409. The summed E-state index contributed by atoms with van der Waals surface area (Å²) in [4.78, 5) is 12.1. The Labute approximate surface area is 197 Å². The first-order chi connectivity index (χ1) is 16.1. The summed E-state index contributed by atoms with van der Waals surface area (Å²) in [5.74, 6) is -2.18. The molecule has 3 rings (SSSR count). The molecule has 0 fully saturated rings. The van der Waals surface area contributed by atoms with Gasteiger partial charge in [0.25, 0.3) is 10.0 Å². The first-order valence-electron chi connectivity index (χ1n) is 10.5. The summed E-state index contributed by atoms with van der Waals surface area (Å²) in [6.45, 7) is 5.10. The molecular weight excluding hydrogens is 464 g/mol. The van der Waals surface area contributed by atoms with Crippen molar-refractivity contribution in [3.8, 4) is 5.75 Å². The highest BCUT2D eigenvalue weighted by Crippen LogP contribution is 2.28. The zero-order valence-corrected chi connectivity index (χ0v) is 20.1. The van der Waals surface area contributed by atoms with Crippen LogP contribution < -0.4 is 9.04 Å². The monoisotopic (exact) mass is 489 g/mol. The predicted octanol–water partition coefficient (Wildman–Crippen LogP) is 5.16. The molecular formula is C25H25F2NO5S. The highest BCUT2D eigenvalue weighted by atomic mass is 32.2. The Kier molecular flexibility index (Phi) is 7.56. The fourth-order valence-corrected chi connectivity index (χ4v) is 5.03. The van der Waals surface area contributed by atoms with Gasteiger partial charge in [-0.1, -0.05) is 12.1 Å². The maximum absolute atomic E-state index is 13.8. The van der Waals surface area contributed by atoms with Crippen molar-refractivity contribution in [2.45, 2.75) is 32.3 Å². The van der Waals surface area contributed by atoms with Crippen LogP contribution >= 0.6 is 0 Å². The molecule has 0 aliphatic carbocycles.